The number of benzene rings is 1. The maximum Gasteiger partial charge on any atom is 0.272 e. The number of rotatable bonds is 4. The summed E-state index contributed by atoms with van der Waals surface area (Å²) < 4.78 is 7.63. The van der Waals surface area contributed by atoms with Crippen molar-refractivity contribution in [2.45, 2.75) is 46.1 Å². The maximum atomic E-state index is 13.0. The Labute approximate surface area is 154 Å². The molecular formula is C21H27N3O2. The molecule has 0 aliphatic carbocycles. The summed E-state index contributed by atoms with van der Waals surface area (Å²) in [4.78, 5) is 14.7. The highest BCUT2D eigenvalue weighted by Crippen LogP contribution is 2.28. The molecule has 26 heavy (non-hydrogen) atoms. The lowest BCUT2D eigenvalue weighted by molar-refractivity contribution is 0.0774. The van der Waals surface area contributed by atoms with Crippen LogP contribution in [-0.2, 0) is 25.4 Å². The summed E-state index contributed by atoms with van der Waals surface area (Å²) in [5.41, 5.74) is 3.38. The quantitative estimate of drug-likeness (QED) is 0.703. The lowest BCUT2D eigenvalue weighted by atomic mass is 9.92. The van der Waals surface area contributed by atoms with Crippen LogP contribution in [0.25, 0.3) is 11.0 Å². The highest BCUT2D eigenvalue weighted by atomic mass is 16.3. The molecule has 0 aliphatic rings. The minimum Gasteiger partial charge on any atom is -0.461 e. The summed E-state index contributed by atoms with van der Waals surface area (Å²) in [5, 5.41) is 5.59. The predicted octanol–water partition coefficient (Wildman–Crippen LogP) is 4.30. The number of nitrogens with zero attached hydrogens (tertiary/aromatic N) is 3. The fraction of sp³-hybridized carbons (Fsp3) is 0.429. The van der Waals surface area contributed by atoms with Gasteiger partial charge in [0, 0.05) is 43.4 Å². The number of hydrogen-bond donors (Lipinski definition) is 0. The van der Waals surface area contributed by atoms with Gasteiger partial charge in [-0.1, -0.05) is 45.9 Å². The van der Waals surface area contributed by atoms with E-state index in [1.807, 2.05) is 44.4 Å². The molecule has 0 atom stereocenters. The lowest BCUT2D eigenvalue weighted by Crippen LogP contribution is -2.28. The molecule has 0 spiro atoms. The first-order valence-electron chi connectivity index (χ1n) is 9.01. The zero-order valence-electron chi connectivity index (χ0n) is 16.5. The number of furan rings is 1. The van der Waals surface area contributed by atoms with Crippen LogP contribution >= 0.6 is 0 Å². The van der Waals surface area contributed by atoms with E-state index >= 15 is 0 Å². The number of fused-ring (bicyclic) bond motifs is 1. The van der Waals surface area contributed by atoms with Gasteiger partial charge in [-0.2, -0.15) is 5.10 Å². The van der Waals surface area contributed by atoms with Crippen molar-refractivity contribution < 1.29 is 9.21 Å². The van der Waals surface area contributed by atoms with Gasteiger partial charge in [0.25, 0.3) is 5.91 Å². The lowest BCUT2D eigenvalue weighted by Gasteiger charge is -2.17. The van der Waals surface area contributed by atoms with Crippen LogP contribution in [0, 0.1) is 0 Å². The Hall–Kier alpha value is -2.56. The normalized spacial score (nSPS) is 11.9. The van der Waals surface area contributed by atoms with E-state index in [1.54, 1.807) is 9.58 Å². The van der Waals surface area contributed by atoms with Crippen molar-refractivity contribution in [2.24, 2.45) is 7.05 Å². The summed E-state index contributed by atoms with van der Waals surface area (Å²) in [6.07, 6.45) is 0.798. The molecule has 5 nitrogen and oxygen atoms in total. The van der Waals surface area contributed by atoms with Gasteiger partial charge in [-0.25, -0.2) is 0 Å². The van der Waals surface area contributed by atoms with E-state index in [0.717, 1.165) is 34.4 Å². The molecule has 1 aromatic carbocycles. The topological polar surface area (TPSA) is 51.3 Å². The zero-order valence-corrected chi connectivity index (χ0v) is 16.5. The Kier molecular flexibility index (Phi) is 4.65. The Balaban J connectivity index is 1.90. The molecule has 0 unspecified atom stereocenters. The first kappa shape index (κ1) is 18.2. The Morgan fingerprint density at radius 1 is 1.27 bits per heavy atom. The number of amides is 1. The van der Waals surface area contributed by atoms with Crippen molar-refractivity contribution in [3.8, 4) is 0 Å². The molecule has 2 heterocycles. The molecule has 3 aromatic rings. The van der Waals surface area contributed by atoms with Gasteiger partial charge in [-0.3, -0.25) is 9.48 Å². The van der Waals surface area contributed by atoms with Crippen LogP contribution in [0.1, 0.15) is 55.2 Å². The number of carbonyl (C=O) groups is 1. The van der Waals surface area contributed by atoms with Crippen molar-refractivity contribution in [1.29, 1.82) is 0 Å². The summed E-state index contributed by atoms with van der Waals surface area (Å²) >= 11 is 0. The van der Waals surface area contributed by atoms with Crippen LogP contribution in [-0.4, -0.2) is 27.6 Å². The number of carbonyl (C=O) groups excluding carboxylic acids is 1. The highest BCUT2D eigenvalue weighted by molar-refractivity contribution is 5.93. The smallest absolute Gasteiger partial charge is 0.272 e. The third kappa shape index (κ3) is 3.26. The Morgan fingerprint density at radius 2 is 1.96 bits per heavy atom. The van der Waals surface area contributed by atoms with Crippen molar-refractivity contribution in [3.63, 3.8) is 0 Å². The predicted molar refractivity (Wildman–Crippen MR) is 103 cm³/mol. The van der Waals surface area contributed by atoms with Gasteiger partial charge < -0.3 is 9.32 Å². The monoisotopic (exact) mass is 353 g/mol. The van der Waals surface area contributed by atoms with E-state index in [0.29, 0.717) is 12.2 Å². The number of hydrogen-bond acceptors (Lipinski definition) is 3. The van der Waals surface area contributed by atoms with Gasteiger partial charge in [-0.15, -0.1) is 0 Å². The van der Waals surface area contributed by atoms with Crippen molar-refractivity contribution in [2.75, 3.05) is 7.05 Å². The van der Waals surface area contributed by atoms with Crippen LogP contribution in [0.5, 0.6) is 0 Å². The first-order chi connectivity index (χ1) is 12.2. The molecule has 0 aliphatic heterocycles. The minimum atomic E-state index is -0.0923. The second kappa shape index (κ2) is 6.63. The fourth-order valence-electron chi connectivity index (χ4n) is 3.15. The molecule has 138 valence electrons. The van der Waals surface area contributed by atoms with Gasteiger partial charge in [-0.05, 0) is 12.1 Å². The second-order valence-corrected chi connectivity index (χ2v) is 7.80. The third-order valence-corrected chi connectivity index (χ3v) is 4.71. The molecule has 1 amide bonds. The molecule has 0 N–H and O–H groups in total. The molecular weight excluding hydrogens is 326 g/mol. The molecule has 0 radical (unpaired) electrons. The molecule has 3 rings (SSSR count). The molecule has 5 heteroatoms. The summed E-state index contributed by atoms with van der Waals surface area (Å²) in [6.45, 7) is 8.87. The molecule has 2 aromatic heterocycles. The van der Waals surface area contributed by atoms with Crippen LogP contribution in [0.4, 0.5) is 0 Å². The number of aromatic nitrogens is 2. The second-order valence-electron chi connectivity index (χ2n) is 7.80. The van der Waals surface area contributed by atoms with Gasteiger partial charge in [0.2, 0.25) is 0 Å². The van der Waals surface area contributed by atoms with Crippen LogP contribution < -0.4 is 0 Å². The largest absolute Gasteiger partial charge is 0.461 e. The Bertz CT molecular complexity index is 944. The molecule has 0 saturated carbocycles. The van der Waals surface area contributed by atoms with Gasteiger partial charge >= 0.3 is 0 Å². The average Bonchev–Trinajstić information content (AvgIpc) is 3.15. The van der Waals surface area contributed by atoms with E-state index in [1.165, 1.54) is 0 Å². The van der Waals surface area contributed by atoms with Gasteiger partial charge in [0.05, 0.1) is 5.69 Å². The average molecular weight is 353 g/mol. The minimum absolute atomic E-state index is 0.0390. The van der Waals surface area contributed by atoms with E-state index in [2.05, 4.69) is 32.8 Å². The molecule has 0 fully saturated rings. The van der Waals surface area contributed by atoms with Crippen LogP contribution in [0.2, 0.25) is 0 Å². The van der Waals surface area contributed by atoms with Crippen molar-refractivity contribution >= 4 is 16.9 Å². The Morgan fingerprint density at radius 3 is 2.58 bits per heavy atom. The fourth-order valence-corrected chi connectivity index (χ4v) is 3.15. The standard InChI is InChI=1S/C21H27N3O2/c1-7-17-15(14-10-8-9-11-18(14)26-17)13-23(5)20(25)16-12-19(21(2,3)4)22-24(16)6/h8-12H,7,13H2,1-6H3. The SMILES string of the molecule is CCc1oc2ccccc2c1CN(C)C(=O)c1cc(C(C)(C)C)nn1C. The van der Waals surface area contributed by atoms with Gasteiger partial charge in [0.15, 0.2) is 0 Å². The first-order valence-corrected chi connectivity index (χ1v) is 9.01. The zero-order chi connectivity index (χ0) is 19.1. The van der Waals surface area contributed by atoms with Crippen LogP contribution in [0.15, 0.2) is 34.7 Å². The van der Waals surface area contributed by atoms with Gasteiger partial charge in [0.1, 0.15) is 17.0 Å². The van der Waals surface area contributed by atoms with Crippen molar-refractivity contribution in [1.82, 2.24) is 14.7 Å². The maximum absolute atomic E-state index is 13.0. The highest BCUT2D eigenvalue weighted by Gasteiger charge is 2.24. The summed E-state index contributed by atoms with van der Waals surface area (Å²) in [6, 6.07) is 9.88. The van der Waals surface area contributed by atoms with Crippen LogP contribution in [0.3, 0.4) is 0 Å². The van der Waals surface area contributed by atoms with E-state index in [9.17, 15) is 4.79 Å². The summed E-state index contributed by atoms with van der Waals surface area (Å²) in [7, 11) is 3.65. The van der Waals surface area contributed by atoms with E-state index in [4.69, 9.17) is 4.42 Å². The van der Waals surface area contributed by atoms with Crippen molar-refractivity contribution in [3.05, 3.63) is 53.0 Å². The van der Waals surface area contributed by atoms with E-state index in [-0.39, 0.29) is 11.3 Å². The molecule has 0 bridgehead atoms. The van der Waals surface area contributed by atoms with E-state index < -0.39 is 0 Å². The number of aryl methyl sites for hydroxylation is 2. The summed E-state index contributed by atoms with van der Waals surface area (Å²) in [5.74, 6) is 0.897. The third-order valence-electron chi connectivity index (χ3n) is 4.71. The molecule has 0 saturated heterocycles. The number of para-hydroxylation sites is 1.